The predicted molar refractivity (Wildman–Crippen MR) is 84.2 cm³/mol. The molecule has 0 bridgehead atoms. The molecule has 2 N–H and O–H groups in total. The lowest BCUT2D eigenvalue weighted by molar-refractivity contribution is -0.113. The van der Waals surface area contributed by atoms with Crippen LogP contribution in [0.15, 0.2) is 53.4 Å². The van der Waals surface area contributed by atoms with Crippen molar-refractivity contribution >= 4 is 40.9 Å². The minimum absolute atomic E-state index is 0.132. The molecule has 0 spiro atoms. The van der Waals surface area contributed by atoms with Gasteiger partial charge in [0.2, 0.25) is 5.91 Å². The third-order valence-corrected chi connectivity index (χ3v) is 3.93. The van der Waals surface area contributed by atoms with Gasteiger partial charge in [-0.3, -0.25) is 4.79 Å². The number of carboxylic acid groups (broad SMARTS) is 1. The molecular weight excluding hydrogens is 310 g/mol. The highest BCUT2D eigenvalue weighted by Crippen LogP contribution is 2.23. The number of hydrogen-bond acceptors (Lipinski definition) is 3. The molecule has 2 aromatic rings. The number of rotatable bonds is 5. The van der Waals surface area contributed by atoms with Crippen LogP contribution < -0.4 is 5.32 Å². The van der Waals surface area contributed by atoms with Gasteiger partial charge in [-0.2, -0.15) is 0 Å². The molecule has 0 fully saturated rings. The number of anilines is 1. The van der Waals surface area contributed by atoms with Crippen LogP contribution in [0.1, 0.15) is 10.4 Å². The first-order valence-corrected chi connectivity index (χ1v) is 7.43. The summed E-state index contributed by atoms with van der Waals surface area (Å²) in [5.74, 6) is -1.08. The number of thioether (sulfide) groups is 1. The van der Waals surface area contributed by atoms with Gasteiger partial charge in [-0.1, -0.05) is 23.7 Å². The Labute approximate surface area is 131 Å². The fraction of sp³-hybridized carbons (Fsp3) is 0.0667. The number of carbonyl (C=O) groups is 2. The molecule has 2 aromatic carbocycles. The molecule has 1 amide bonds. The van der Waals surface area contributed by atoms with E-state index in [-0.39, 0.29) is 17.2 Å². The van der Waals surface area contributed by atoms with Crippen molar-refractivity contribution in [3.8, 4) is 0 Å². The Morgan fingerprint density at radius 1 is 1.10 bits per heavy atom. The van der Waals surface area contributed by atoms with Gasteiger partial charge >= 0.3 is 5.97 Å². The van der Waals surface area contributed by atoms with Crippen molar-refractivity contribution in [2.45, 2.75) is 4.90 Å². The van der Waals surface area contributed by atoms with Gasteiger partial charge in [0.05, 0.1) is 11.3 Å². The first-order valence-electron chi connectivity index (χ1n) is 6.07. The zero-order valence-electron chi connectivity index (χ0n) is 10.9. The number of halogens is 1. The summed E-state index contributed by atoms with van der Waals surface area (Å²) in [6.45, 7) is 0. The molecule has 0 radical (unpaired) electrons. The van der Waals surface area contributed by atoms with E-state index in [0.29, 0.717) is 15.6 Å². The molecule has 4 nitrogen and oxygen atoms in total. The first kappa shape index (κ1) is 15.4. The molecule has 0 unspecified atom stereocenters. The summed E-state index contributed by atoms with van der Waals surface area (Å²) >= 11 is 6.95. The molecule has 2 rings (SSSR count). The van der Waals surface area contributed by atoms with Gasteiger partial charge in [0.25, 0.3) is 0 Å². The summed E-state index contributed by atoms with van der Waals surface area (Å²) in [4.78, 5) is 23.5. The minimum Gasteiger partial charge on any atom is -0.478 e. The number of benzene rings is 2. The van der Waals surface area contributed by atoms with Crippen molar-refractivity contribution in [2.24, 2.45) is 0 Å². The minimum atomic E-state index is -1.00. The van der Waals surface area contributed by atoms with E-state index in [1.807, 2.05) is 0 Å². The molecule has 0 atom stereocenters. The highest BCUT2D eigenvalue weighted by atomic mass is 35.5. The maximum Gasteiger partial charge on any atom is 0.336 e. The summed E-state index contributed by atoms with van der Waals surface area (Å²) in [6.07, 6.45) is 0. The van der Waals surface area contributed by atoms with E-state index in [2.05, 4.69) is 5.32 Å². The van der Waals surface area contributed by atoms with Crippen molar-refractivity contribution in [3.63, 3.8) is 0 Å². The van der Waals surface area contributed by atoms with Gasteiger partial charge in [0.15, 0.2) is 0 Å². The summed E-state index contributed by atoms with van der Waals surface area (Å²) in [5, 5.41) is 12.4. The van der Waals surface area contributed by atoms with Gasteiger partial charge in [-0.15, -0.1) is 11.8 Å². The van der Waals surface area contributed by atoms with E-state index in [0.717, 1.165) is 0 Å². The van der Waals surface area contributed by atoms with Crippen molar-refractivity contribution < 1.29 is 14.7 Å². The molecule has 0 saturated heterocycles. The van der Waals surface area contributed by atoms with Crippen LogP contribution in [0.25, 0.3) is 0 Å². The third kappa shape index (κ3) is 4.51. The number of hydrogen-bond donors (Lipinski definition) is 2. The third-order valence-electron chi connectivity index (χ3n) is 2.60. The summed E-state index contributed by atoms with van der Waals surface area (Å²) in [5.41, 5.74) is 0.846. The van der Waals surface area contributed by atoms with Crippen LogP contribution in [0, 0.1) is 0 Å². The average molecular weight is 322 g/mol. The van der Waals surface area contributed by atoms with Gasteiger partial charge in [-0.05, 0) is 36.4 Å². The molecule has 108 valence electrons. The maximum atomic E-state index is 11.8. The van der Waals surface area contributed by atoms with Gasteiger partial charge < -0.3 is 10.4 Å². The predicted octanol–water partition coefficient (Wildman–Crippen LogP) is 3.77. The highest BCUT2D eigenvalue weighted by molar-refractivity contribution is 8.00. The topological polar surface area (TPSA) is 66.4 Å². The second-order valence-electron chi connectivity index (χ2n) is 4.15. The Morgan fingerprint density at radius 3 is 2.43 bits per heavy atom. The van der Waals surface area contributed by atoms with E-state index in [1.54, 1.807) is 42.5 Å². The van der Waals surface area contributed by atoms with Gasteiger partial charge in [0, 0.05) is 15.6 Å². The van der Waals surface area contributed by atoms with Crippen LogP contribution in [0.5, 0.6) is 0 Å². The zero-order chi connectivity index (χ0) is 15.2. The Morgan fingerprint density at radius 2 is 1.76 bits per heavy atom. The maximum absolute atomic E-state index is 11.8. The fourth-order valence-electron chi connectivity index (χ4n) is 1.64. The van der Waals surface area contributed by atoms with E-state index in [9.17, 15) is 9.59 Å². The van der Waals surface area contributed by atoms with Crippen molar-refractivity contribution in [1.29, 1.82) is 0 Å². The quantitative estimate of drug-likeness (QED) is 0.823. The lowest BCUT2D eigenvalue weighted by Gasteiger charge is -2.07. The summed E-state index contributed by atoms with van der Waals surface area (Å²) in [6, 6.07) is 13.4. The monoisotopic (exact) mass is 321 g/mol. The lowest BCUT2D eigenvalue weighted by atomic mass is 10.2. The van der Waals surface area contributed by atoms with Crippen molar-refractivity contribution in [2.75, 3.05) is 11.1 Å². The molecule has 0 aliphatic rings. The standard InChI is InChI=1S/C15H12ClNO3S/c16-10-5-7-11(8-6-10)17-14(18)9-21-13-4-2-1-3-12(13)15(19)20/h1-8H,9H2,(H,17,18)(H,19,20). The highest BCUT2D eigenvalue weighted by Gasteiger charge is 2.11. The van der Waals surface area contributed by atoms with E-state index < -0.39 is 5.97 Å². The van der Waals surface area contributed by atoms with Gasteiger partial charge in [0.1, 0.15) is 0 Å². The molecule has 0 heterocycles. The Hall–Kier alpha value is -1.98. The molecule has 21 heavy (non-hydrogen) atoms. The summed E-state index contributed by atoms with van der Waals surface area (Å²) < 4.78 is 0. The molecular formula is C15H12ClNO3S. The molecule has 0 saturated carbocycles. The van der Waals surface area contributed by atoms with Crippen LogP contribution in [-0.2, 0) is 4.79 Å². The molecule has 0 aliphatic carbocycles. The molecule has 0 aliphatic heterocycles. The SMILES string of the molecule is O=C(CSc1ccccc1C(=O)O)Nc1ccc(Cl)cc1. The van der Waals surface area contributed by atoms with Crippen LogP contribution >= 0.6 is 23.4 Å². The number of aromatic carboxylic acids is 1. The smallest absolute Gasteiger partial charge is 0.336 e. The molecule has 0 aromatic heterocycles. The van der Waals surface area contributed by atoms with E-state index in [1.165, 1.54) is 17.8 Å². The Bertz CT molecular complexity index is 658. The number of nitrogens with one attached hydrogen (secondary N) is 1. The summed E-state index contributed by atoms with van der Waals surface area (Å²) in [7, 11) is 0. The second kappa shape index (κ2) is 7.15. The lowest BCUT2D eigenvalue weighted by Crippen LogP contribution is -2.14. The van der Waals surface area contributed by atoms with E-state index in [4.69, 9.17) is 16.7 Å². The Balaban J connectivity index is 1.95. The first-order chi connectivity index (χ1) is 10.1. The normalized spacial score (nSPS) is 10.1. The zero-order valence-corrected chi connectivity index (χ0v) is 12.4. The van der Waals surface area contributed by atoms with Crippen LogP contribution in [-0.4, -0.2) is 22.7 Å². The van der Waals surface area contributed by atoms with Crippen molar-refractivity contribution in [1.82, 2.24) is 0 Å². The number of amides is 1. The molecule has 6 heteroatoms. The van der Waals surface area contributed by atoms with Crippen LogP contribution in [0.4, 0.5) is 5.69 Å². The van der Waals surface area contributed by atoms with Crippen LogP contribution in [0.2, 0.25) is 5.02 Å². The second-order valence-corrected chi connectivity index (χ2v) is 5.60. The van der Waals surface area contributed by atoms with Crippen molar-refractivity contribution in [3.05, 3.63) is 59.1 Å². The number of carboxylic acids is 1. The van der Waals surface area contributed by atoms with E-state index >= 15 is 0 Å². The van der Waals surface area contributed by atoms with Gasteiger partial charge in [-0.25, -0.2) is 4.79 Å². The average Bonchev–Trinajstić information content (AvgIpc) is 2.48. The largest absolute Gasteiger partial charge is 0.478 e. The Kier molecular flexibility index (Phi) is 5.25. The number of carbonyl (C=O) groups excluding carboxylic acids is 1. The fourth-order valence-corrected chi connectivity index (χ4v) is 2.61. The van der Waals surface area contributed by atoms with Crippen LogP contribution in [0.3, 0.4) is 0 Å².